The van der Waals surface area contributed by atoms with Crippen molar-refractivity contribution in [2.24, 2.45) is 0 Å². The van der Waals surface area contributed by atoms with Gasteiger partial charge in [-0.05, 0) is 52.1 Å². The molecule has 1 aromatic carbocycles. The SMILES string of the molecule is Cc1cc(Br)c(NC(=O)c2cnns2)cc1N. The fraction of sp³-hybridized carbons (Fsp3) is 0.100. The normalized spacial score (nSPS) is 10.2. The number of nitrogens with one attached hydrogen (secondary N) is 1. The molecule has 0 bridgehead atoms. The number of amides is 1. The molecule has 0 atom stereocenters. The minimum Gasteiger partial charge on any atom is -0.398 e. The predicted molar refractivity (Wildman–Crippen MR) is 71.2 cm³/mol. The quantitative estimate of drug-likeness (QED) is 0.835. The van der Waals surface area contributed by atoms with Gasteiger partial charge in [0.15, 0.2) is 0 Å². The first-order valence-corrected chi connectivity index (χ1v) is 6.29. The van der Waals surface area contributed by atoms with Crippen LogP contribution in [-0.4, -0.2) is 15.5 Å². The van der Waals surface area contributed by atoms with Crippen molar-refractivity contribution >= 4 is 44.7 Å². The number of carbonyl (C=O) groups excluding carboxylic acids is 1. The highest BCUT2D eigenvalue weighted by atomic mass is 79.9. The Hall–Kier alpha value is -1.47. The third-order valence-electron chi connectivity index (χ3n) is 2.19. The Morgan fingerprint density at radius 2 is 2.29 bits per heavy atom. The van der Waals surface area contributed by atoms with E-state index in [-0.39, 0.29) is 5.91 Å². The Morgan fingerprint density at radius 1 is 1.53 bits per heavy atom. The maximum atomic E-state index is 11.8. The van der Waals surface area contributed by atoms with E-state index in [2.05, 4.69) is 30.8 Å². The number of rotatable bonds is 2. The van der Waals surface area contributed by atoms with E-state index in [1.807, 2.05) is 13.0 Å². The highest BCUT2D eigenvalue weighted by molar-refractivity contribution is 9.10. The molecule has 1 heterocycles. The Morgan fingerprint density at radius 3 is 2.94 bits per heavy atom. The van der Waals surface area contributed by atoms with Crippen LogP contribution < -0.4 is 11.1 Å². The van der Waals surface area contributed by atoms with Crippen LogP contribution in [0.3, 0.4) is 0 Å². The van der Waals surface area contributed by atoms with E-state index >= 15 is 0 Å². The fourth-order valence-corrected chi connectivity index (χ4v) is 2.20. The molecule has 3 N–H and O–H groups in total. The molecular formula is C10H9BrN4OS. The third kappa shape index (κ3) is 2.62. The van der Waals surface area contributed by atoms with Crippen LogP contribution in [0.1, 0.15) is 15.2 Å². The summed E-state index contributed by atoms with van der Waals surface area (Å²) in [5.74, 6) is -0.246. The lowest BCUT2D eigenvalue weighted by Gasteiger charge is -2.09. The van der Waals surface area contributed by atoms with Gasteiger partial charge in [-0.2, -0.15) is 0 Å². The second-order valence-corrected chi connectivity index (χ2v) is 5.06. The zero-order chi connectivity index (χ0) is 12.4. The predicted octanol–water partition coefficient (Wildman–Crippen LogP) is 2.44. The molecule has 1 aromatic heterocycles. The molecule has 5 nitrogen and oxygen atoms in total. The van der Waals surface area contributed by atoms with Gasteiger partial charge in [-0.25, -0.2) is 0 Å². The van der Waals surface area contributed by atoms with Gasteiger partial charge in [0, 0.05) is 10.2 Å². The van der Waals surface area contributed by atoms with Gasteiger partial charge in [-0.1, -0.05) is 4.49 Å². The summed E-state index contributed by atoms with van der Waals surface area (Å²) in [5.41, 5.74) is 8.00. The first-order chi connectivity index (χ1) is 8.08. The number of anilines is 2. The van der Waals surface area contributed by atoms with E-state index in [4.69, 9.17) is 5.73 Å². The molecule has 0 saturated carbocycles. The van der Waals surface area contributed by atoms with Crippen LogP contribution in [0, 0.1) is 6.92 Å². The number of nitrogen functional groups attached to an aromatic ring is 1. The van der Waals surface area contributed by atoms with E-state index < -0.39 is 0 Å². The molecule has 0 unspecified atom stereocenters. The number of nitrogens with zero attached hydrogens (tertiary/aromatic N) is 2. The zero-order valence-electron chi connectivity index (χ0n) is 8.90. The van der Waals surface area contributed by atoms with Gasteiger partial charge in [0.1, 0.15) is 4.88 Å². The molecule has 0 aliphatic carbocycles. The summed E-state index contributed by atoms with van der Waals surface area (Å²) in [6, 6.07) is 3.57. The molecule has 7 heteroatoms. The number of aryl methyl sites for hydroxylation is 1. The number of halogens is 1. The number of hydrogen-bond donors (Lipinski definition) is 2. The second kappa shape index (κ2) is 4.80. The van der Waals surface area contributed by atoms with Crippen molar-refractivity contribution in [3.8, 4) is 0 Å². The number of benzene rings is 1. The van der Waals surface area contributed by atoms with Crippen LogP contribution >= 0.6 is 27.5 Å². The molecular weight excluding hydrogens is 304 g/mol. The van der Waals surface area contributed by atoms with E-state index in [1.165, 1.54) is 6.20 Å². The van der Waals surface area contributed by atoms with E-state index in [1.54, 1.807) is 6.07 Å². The van der Waals surface area contributed by atoms with Gasteiger partial charge in [0.25, 0.3) is 5.91 Å². The number of aromatic nitrogens is 2. The largest absolute Gasteiger partial charge is 0.398 e. The summed E-state index contributed by atoms with van der Waals surface area (Å²) in [6.45, 7) is 1.90. The summed E-state index contributed by atoms with van der Waals surface area (Å²) >= 11 is 4.42. The van der Waals surface area contributed by atoms with Crippen LogP contribution in [0.15, 0.2) is 22.8 Å². The van der Waals surface area contributed by atoms with Crippen molar-refractivity contribution in [1.82, 2.24) is 9.59 Å². The van der Waals surface area contributed by atoms with Gasteiger partial charge in [0.05, 0.1) is 11.9 Å². The van der Waals surface area contributed by atoms with Crippen LogP contribution in [0.4, 0.5) is 11.4 Å². The first kappa shape index (κ1) is 12.0. The summed E-state index contributed by atoms with van der Waals surface area (Å²) in [6.07, 6.45) is 1.42. The highest BCUT2D eigenvalue weighted by Gasteiger charge is 2.11. The maximum Gasteiger partial charge on any atom is 0.269 e. The number of hydrogen-bond acceptors (Lipinski definition) is 5. The van der Waals surface area contributed by atoms with Crippen molar-refractivity contribution in [1.29, 1.82) is 0 Å². The summed E-state index contributed by atoms with van der Waals surface area (Å²) < 4.78 is 4.42. The average Bonchev–Trinajstić information content (AvgIpc) is 2.79. The molecule has 2 rings (SSSR count). The lowest BCUT2D eigenvalue weighted by molar-refractivity contribution is 0.103. The van der Waals surface area contributed by atoms with Crippen molar-refractivity contribution in [3.63, 3.8) is 0 Å². The molecule has 0 saturated heterocycles. The molecule has 0 aliphatic heterocycles. The summed E-state index contributed by atoms with van der Waals surface area (Å²) in [7, 11) is 0. The summed E-state index contributed by atoms with van der Waals surface area (Å²) in [4.78, 5) is 12.2. The molecule has 0 spiro atoms. The fourth-order valence-electron chi connectivity index (χ4n) is 1.24. The highest BCUT2D eigenvalue weighted by Crippen LogP contribution is 2.28. The molecule has 17 heavy (non-hydrogen) atoms. The molecule has 0 radical (unpaired) electrons. The molecule has 2 aromatic rings. The van der Waals surface area contributed by atoms with Crippen molar-refractivity contribution in [2.75, 3.05) is 11.1 Å². The van der Waals surface area contributed by atoms with Crippen LogP contribution in [0.2, 0.25) is 0 Å². The maximum absolute atomic E-state index is 11.8. The Balaban J connectivity index is 2.25. The molecule has 0 aliphatic rings. The van der Waals surface area contributed by atoms with Gasteiger partial charge in [-0.3, -0.25) is 4.79 Å². The topological polar surface area (TPSA) is 80.9 Å². The van der Waals surface area contributed by atoms with Gasteiger partial charge >= 0.3 is 0 Å². The molecule has 88 valence electrons. The van der Waals surface area contributed by atoms with Gasteiger partial charge in [0.2, 0.25) is 0 Å². The van der Waals surface area contributed by atoms with Crippen molar-refractivity contribution in [2.45, 2.75) is 6.92 Å². The minimum absolute atomic E-state index is 0.246. The zero-order valence-corrected chi connectivity index (χ0v) is 11.3. The van der Waals surface area contributed by atoms with Crippen LogP contribution in [-0.2, 0) is 0 Å². The second-order valence-electron chi connectivity index (χ2n) is 3.42. The number of nitrogens with two attached hydrogens (primary N) is 1. The van der Waals surface area contributed by atoms with Crippen molar-refractivity contribution < 1.29 is 4.79 Å². The Kier molecular flexibility index (Phi) is 3.39. The van der Waals surface area contributed by atoms with Crippen LogP contribution in [0.25, 0.3) is 0 Å². The van der Waals surface area contributed by atoms with Gasteiger partial charge < -0.3 is 11.1 Å². The molecule has 0 fully saturated rings. The standard InChI is InChI=1S/C10H9BrN4OS/c1-5-2-6(11)8(3-7(5)12)14-10(16)9-4-13-15-17-9/h2-4H,12H2,1H3,(H,14,16). The monoisotopic (exact) mass is 312 g/mol. The smallest absolute Gasteiger partial charge is 0.269 e. The summed E-state index contributed by atoms with van der Waals surface area (Å²) in [5, 5.41) is 6.36. The van der Waals surface area contributed by atoms with Crippen molar-refractivity contribution in [3.05, 3.63) is 33.2 Å². The Bertz CT molecular complexity index is 556. The Labute approximate surface area is 110 Å². The lowest BCUT2D eigenvalue weighted by atomic mass is 10.2. The minimum atomic E-state index is -0.246. The first-order valence-electron chi connectivity index (χ1n) is 4.72. The molecule has 1 amide bonds. The van der Waals surface area contributed by atoms with E-state index in [0.29, 0.717) is 16.3 Å². The van der Waals surface area contributed by atoms with E-state index in [9.17, 15) is 4.79 Å². The van der Waals surface area contributed by atoms with Crippen LogP contribution in [0.5, 0.6) is 0 Å². The lowest BCUT2D eigenvalue weighted by Crippen LogP contribution is -2.11. The number of carbonyl (C=O) groups is 1. The van der Waals surface area contributed by atoms with E-state index in [0.717, 1.165) is 21.6 Å². The van der Waals surface area contributed by atoms with Gasteiger partial charge in [-0.15, -0.1) is 5.10 Å². The average molecular weight is 313 g/mol. The third-order valence-corrected chi connectivity index (χ3v) is 3.51.